The smallest absolute Gasteiger partial charge is 0.0684 e. The van der Waals surface area contributed by atoms with Crippen molar-refractivity contribution in [1.29, 1.82) is 5.41 Å². The molecule has 3 nitrogen and oxygen atoms in total. The highest BCUT2D eigenvalue weighted by Gasteiger charge is 2.07. The van der Waals surface area contributed by atoms with Crippen molar-refractivity contribution >= 4 is 17.1 Å². The molecule has 2 rings (SSSR count). The van der Waals surface area contributed by atoms with Gasteiger partial charge in [0.15, 0.2) is 0 Å². The Morgan fingerprint density at radius 3 is 1.55 bits per heavy atom. The maximum absolute atomic E-state index is 8.39. The van der Waals surface area contributed by atoms with Crippen molar-refractivity contribution in [2.75, 3.05) is 37.0 Å². The van der Waals surface area contributed by atoms with E-state index in [1.54, 1.807) is 0 Å². The topological polar surface area (TPSA) is 30.3 Å². The molecule has 0 bridgehead atoms. The lowest BCUT2D eigenvalue weighted by Crippen LogP contribution is -2.21. The summed E-state index contributed by atoms with van der Waals surface area (Å²) in [5.41, 5.74) is 4.82. The van der Waals surface area contributed by atoms with Crippen molar-refractivity contribution in [3.8, 4) is 0 Å². The molecule has 22 heavy (non-hydrogen) atoms. The molecule has 2 aromatic rings. The third kappa shape index (κ3) is 3.48. The van der Waals surface area contributed by atoms with Gasteiger partial charge < -0.3 is 9.80 Å². The third-order valence-electron chi connectivity index (χ3n) is 3.96. The Morgan fingerprint density at radius 2 is 1.18 bits per heavy atom. The van der Waals surface area contributed by atoms with E-state index in [-0.39, 0.29) is 0 Å². The van der Waals surface area contributed by atoms with Gasteiger partial charge in [-0.1, -0.05) is 24.3 Å². The first kappa shape index (κ1) is 16.1. The second kappa shape index (κ2) is 7.12. The van der Waals surface area contributed by atoms with E-state index >= 15 is 0 Å². The average molecular weight is 295 g/mol. The number of hydrogen-bond donors (Lipinski definition) is 1. The van der Waals surface area contributed by atoms with Crippen molar-refractivity contribution in [3.05, 3.63) is 59.7 Å². The summed E-state index contributed by atoms with van der Waals surface area (Å²) in [6.45, 7) is 6.32. The van der Waals surface area contributed by atoms with Crippen molar-refractivity contribution in [1.82, 2.24) is 0 Å². The molecule has 0 radical (unpaired) electrons. The highest BCUT2D eigenvalue weighted by Crippen LogP contribution is 2.19. The summed E-state index contributed by atoms with van der Waals surface area (Å²) in [6, 6.07) is 16.4. The standard InChI is InChI=1S/C19H25N3/c1-5-22(6-2)18-13-9-16(10-14-18)19(20)15-7-11-17(12-8-15)21(3)4/h7-14,20H,5-6H2,1-4H3. The zero-order valence-corrected chi connectivity index (χ0v) is 13.9. The number of nitrogens with one attached hydrogen (secondary N) is 1. The van der Waals surface area contributed by atoms with Crippen LogP contribution in [0.2, 0.25) is 0 Å². The van der Waals surface area contributed by atoms with Gasteiger partial charge in [0.05, 0.1) is 5.71 Å². The molecule has 0 aliphatic heterocycles. The maximum atomic E-state index is 8.39. The predicted octanol–water partition coefficient (Wildman–Crippen LogP) is 4.01. The molecule has 3 heteroatoms. The second-order valence-corrected chi connectivity index (χ2v) is 5.54. The van der Waals surface area contributed by atoms with Crippen LogP contribution in [0, 0.1) is 5.41 Å². The van der Waals surface area contributed by atoms with Crippen LogP contribution in [0.5, 0.6) is 0 Å². The van der Waals surface area contributed by atoms with Gasteiger partial charge in [0.1, 0.15) is 0 Å². The van der Waals surface area contributed by atoms with Crippen LogP contribution in [-0.2, 0) is 0 Å². The lowest BCUT2D eigenvalue weighted by Gasteiger charge is -2.21. The van der Waals surface area contributed by atoms with Crippen molar-refractivity contribution in [2.45, 2.75) is 13.8 Å². The van der Waals surface area contributed by atoms with E-state index in [0.717, 1.165) is 29.9 Å². The first-order valence-corrected chi connectivity index (χ1v) is 7.78. The van der Waals surface area contributed by atoms with E-state index in [1.807, 2.05) is 50.5 Å². The lowest BCUT2D eigenvalue weighted by atomic mass is 10.0. The molecular weight excluding hydrogens is 270 g/mol. The van der Waals surface area contributed by atoms with Crippen LogP contribution in [0.1, 0.15) is 25.0 Å². The van der Waals surface area contributed by atoms with Crippen molar-refractivity contribution in [3.63, 3.8) is 0 Å². The third-order valence-corrected chi connectivity index (χ3v) is 3.96. The zero-order valence-electron chi connectivity index (χ0n) is 13.9. The number of anilines is 2. The Labute approximate surface area is 133 Å². The summed E-state index contributed by atoms with van der Waals surface area (Å²) in [5.74, 6) is 0. The highest BCUT2D eigenvalue weighted by molar-refractivity contribution is 6.11. The molecule has 0 aliphatic rings. The maximum Gasteiger partial charge on any atom is 0.0684 e. The molecule has 0 unspecified atom stereocenters. The van der Waals surface area contributed by atoms with E-state index in [2.05, 4.69) is 35.8 Å². The summed E-state index contributed by atoms with van der Waals surface area (Å²) in [6.07, 6.45) is 0. The Kier molecular flexibility index (Phi) is 5.21. The fourth-order valence-corrected chi connectivity index (χ4v) is 2.52. The van der Waals surface area contributed by atoms with E-state index in [0.29, 0.717) is 5.71 Å². The highest BCUT2D eigenvalue weighted by atomic mass is 15.1. The van der Waals surface area contributed by atoms with Gasteiger partial charge in [0.25, 0.3) is 0 Å². The van der Waals surface area contributed by atoms with Crippen LogP contribution >= 0.6 is 0 Å². The fraction of sp³-hybridized carbons (Fsp3) is 0.316. The van der Waals surface area contributed by atoms with Gasteiger partial charge in [-0.2, -0.15) is 0 Å². The van der Waals surface area contributed by atoms with Crippen LogP contribution in [-0.4, -0.2) is 32.9 Å². The molecule has 0 saturated carbocycles. The SMILES string of the molecule is CCN(CC)c1ccc(C(=N)c2ccc(N(C)C)cc2)cc1. The number of hydrogen-bond acceptors (Lipinski definition) is 3. The molecule has 0 atom stereocenters. The summed E-state index contributed by atoms with van der Waals surface area (Å²) >= 11 is 0. The van der Waals surface area contributed by atoms with E-state index in [4.69, 9.17) is 5.41 Å². The molecule has 0 aromatic heterocycles. The fourth-order valence-electron chi connectivity index (χ4n) is 2.52. The van der Waals surface area contributed by atoms with Gasteiger partial charge >= 0.3 is 0 Å². The van der Waals surface area contributed by atoms with E-state index < -0.39 is 0 Å². The molecule has 0 spiro atoms. The van der Waals surface area contributed by atoms with Crippen LogP contribution in [0.15, 0.2) is 48.5 Å². The van der Waals surface area contributed by atoms with Gasteiger partial charge in [-0.25, -0.2) is 0 Å². The number of rotatable bonds is 6. The van der Waals surface area contributed by atoms with E-state index in [1.165, 1.54) is 5.69 Å². The van der Waals surface area contributed by atoms with Gasteiger partial charge in [-0.15, -0.1) is 0 Å². The first-order chi connectivity index (χ1) is 10.6. The normalized spacial score (nSPS) is 10.4. The van der Waals surface area contributed by atoms with Crippen molar-refractivity contribution in [2.24, 2.45) is 0 Å². The van der Waals surface area contributed by atoms with Gasteiger partial charge in [0, 0.05) is 49.7 Å². The molecule has 0 heterocycles. The molecule has 0 amide bonds. The first-order valence-electron chi connectivity index (χ1n) is 7.78. The van der Waals surface area contributed by atoms with Gasteiger partial charge in [-0.3, -0.25) is 5.41 Å². The minimum absolute atomic E-state index is 0.566. The van der Waals surface area contributed by atoms with E-state index in [9.17, 15) is 0 Å². The number of nitrogens with zero attached hydrogens (tertiary/aromatic N) is 2. The summed E-state index contributed by atoms with van der Waals surface area (Å²) < 4.78 is 0. The van der Waals surface area contributed by atoms with Crippen LogP contribution in [0.4, 0.5) is 11.4 Å². The largest absolute Gasteiger partial charge is 0.378 e. The average Bonchev–Trinajstić information content (AvgIpc) is 2.56. The zero-order chi connectivity index (χ0) is 16.1. The Hall–Kier alpha value is -2.29. The molecule has 0 aliphatic carbocycles. The van der Waals surface area contributed by atoms with Crippen LogP contribution < -0.4 is 9.80 Å². The predicted molar refractivity (Wildman–Crippen MR) is 96.7 cm³/mol. The summed E-state index contributed by atoms with van der Waals surface area (Å²) in [7, 11) is 4.04. The molecule has 116 valence electrons. The van der Waals surface area contributed by atoms with Gasteiger partial charge in [-0.05, 0) is 38.1 Å². The van der Waals surface area contributed by atoms with Crippen molar-refractivity contribution < 1.29 is 0 Å². The Balaban J connectivity index is 2.19. The molecule has 0 fully saturated rings. The number of benzene rings is 2. The summed E-state index contributed by atoms with van der Waals surface area (Å²) in [5, 5.41) is 8.39. The molecule has 2 aromatic carbocycles. The Morgan fingerprint density at radius 1 is 0.773 bits per heavy atom. The monoisotopic (exact) mass is 295 g/mol. The lowest BCUT2D eigenvalue weighted by molar-refractivity contribution is 0.866. The minimum Gasteiger partial charge on any atom is -0.378 e. The summed E-state index contributed by atoms with van der Waals surface area (Å²) in [4.78, 5) is 4.37. The van der Waals surface area contributed by atoms with Gasteiger partial charge in [0.2, 0.25) is 0 Å². The molecule has 1 N–H and O–H groups in total. The van der Waals surface area contributed by atoms with Crippen LogP contribution in [0.3, 0.4) is 0 Å². The Bertz CT molecular complexity index is 608. The minimum atomic E-state index is 0.566. The van der Waals surface area contributed by atoms with Crippen LogP contribution in [0.25, 0.3) is 0 Å². The molecular formula is C19H25N3. The quantitative estimate of drug-likeness (QED) is 0.816. The molecule has 0 saturated heterocycles. The second-order valence-electron chi connectivity index (χ2n) is 5.54.